The third-order valence-electron chi connectivity index (χ3n) is 3.31. The van der Waals surface area contributed by atoms with E-state index in [1.165, 1.54) is 4.90 Å². The van der Waals surface area contributed by atoms with Crippen LogP contribution in [0.15, 0.2) is 53.8 Å². The Morgan fingerprint density at radius 1 is 1.48 bits per heavy atom. The van der Waals surface area contributed by atoms with Gasteiger partial charge in [0.05, 0.1) is 6.61 Å². The number of aliphatic hydroxyl groups is 1. The zero-order valence-electron chi connectivity index (χ0n) is 11.8. The van der Waals surface area contributed by atoms with Gasteiger partial charge in [-0.2, -0.15) is 0 Å². The summed E-state index contributed by atoms with van der Waals surface area (Å²) in [5, 5.41) is 10.1. The minimum atomic E-state index is -0.167. The first-order valence-corrected chi connectivity index (χ1v) is 7.75. The second-order valence-electron chi connectivity index (χ2n) is 4.65. The van der Waals surface area contributed by atoms with Gasteiger partial charge in [-0.05, 0) is 24.1 Å². The Bertz CT molecular complexity index is 620. The number of anilines is 1. The first kappa shape index (κ1) is 15.7. The zero-order valence-corrected chi connectivity index (χ0v) is 13.4. The van der Waals surface area contributed by atoms with Crippen molar-refractivity contribution in [3.05, 3.63) is 59.3 Å². The molecule has 110 valence electrons. The van der Waals surface area contributed by atoms with Crippen LogP contribution in [0.5, 0.6) is 0 Å². The minimum absolute atomic E-state index is 0.128. The molecule has 21 heavy (non-hydrogen) atoms. The van der Waals surface area contributed by atoms with Crippen molar-refractivity contribution in [2.45, 2.75) is 11.8 Å². The summed E-state index contributed by atoms with van der Waals surface area (Å²) in [6.07, 6.45) is 9.59. The van der Waals surface area contributed by atoms with E-state index in [0.29, 0.717) is 28.7 Å². The first-order chi connectivity index (χ1) is 10.2. The molecule has 0 fully saturated rings. The summed E-state index contributed by atoms with van der Waals surface area (Å²) in [5.41, 5.74) is 2.18. The molecular weight excluding hydrogens is 332 g/mol. The number of nitrogens with zero attached hydrogens (tertiary/aromatic N) is 2. The van der Waals surface area contributed by atoms with Crippen LogP contribution in [0.25, 0.3) is 0 Å². The third kappa shape index (κ3) is 3.49. The van der Waals surface area contributed by atoms with Crippen LogP contribution in [0.2, 0.25) is 0 Å². The Labute approximate surface area is 132 Å². The van der Waals surface area contributed by atoms with Crippen molar-refractivity contribution in [1.29, 1.82) is 0 Å². The molecular formula is C16H17BrN2O2. The number of pyridine rings is 1. The van der Waals surface area contributed by atoms with Gasteiger partial charge in [-0.25, -0.2) is 4.98 Å². The van der Waals surface area contributed by atoms with Crippen LogP contribution in [0.1, 0.15) is 12.0 Å². The summed E-state index contributed by atoms with van der Waals surface area (Å²) < 4.78 is 0. The maximum absolute atomic E-state index is 12.7. The van der Waals surface area contributed by atoms with Crippen molar-refractivity contribution in [3.63, 3.8) is 0 Å². The van der Waals surface area contributed by atoms with E-state index in [1.807, 2.05) is 30.4 Å². The molecule has 1 aromatic heterocycles. The topological polar surface area (TPSA) is 53.4 Å². The number of aliphatic hydroxyl groups excluding tert-OH is 1. The Balaban J connectivity index is 2.36. The smallest absolute Gasteiger partial charge is 0.259 e. The van der Waals surface area contributed by atoms with Gasteiger partial charge < -0.3 is 5.11 Å². The monoisotopic (exact) mass is 348 g/mol. The molecule has 1 aliphatic rings. The number of aromatic nitrogens is 1. The van der Waals surface area contributed by atoms with E-state index in [4.69, 9.17) is 0 Å². The third-order valence-corrected chi connectivity index (χ3v) is 3.91. The summed E-state index contributed by atoms with van der Waals surface area (Å²) in [7, 11) is 1.70. The van der Waals surface area contributed by atoms with Gasteiger partial charge in [-0.15, -0.1) is 0 Å². The van der Waals surface area contributed by atoms with Gasteiger partial charge in [-0.1, -0.05) is 40.2 Å². The molecule has 0 saturated carbocycles. The molecule has 1 aromatic rings. The van der Waals surface area contributed by atoms with Crippen molar-refractivity contribution < 1.29 is 9.90 Å². The van der Waals surface area contributed by atoms with Crippen molar-refractivity contribution in [2.24, 2.45) is 0 Å². The van der Waals surface area contributed by atoms with E-state index >= 15 is 0 Å². The van der Waals surface area contributed by atoms with Crippen molar-refractivity contribution >= 4 is 27.7 Å². The van der Waals surface area contributed by atoms with E-state index in [-0.39, 0.29) is 12.5 Å². The highest BCUT2D eigenvalue weighted by Gasteiger charge is 2.20. The van der Waals surface area contributed by atoms with Crippen LogP contribution in [-0.2, 0) is 10.1 Å². The van der Waals surface area contributed by atoms with Gasteiger partial charge in [0.1, 0.15) is 5.82 Å². The quantitative estimate of drug-likeness (QED) is 0.851. The largest absolute Gasteiger partial charge is 0.392 e. The molecule has 1 aliphatic carbocycles. The van der Waals surface area contributed by atoms with Crippen LogP contribution in [-0.4, -0.2) is 29.7 Å². The molecule has 1 N–H and O–H groups in total. The van der Waals surface area contributed by atoms with Gasteiger partial charge in [0, 0.05) is 29.7 Å². The molecule has 1 heterocycles. The number of alkyl halides is 1. The lowest BCUT2D eigenvalue weighted by Gasteiger charge is -2.20. The fraction of sp³-hybridized carbons (Fsp3) is 0.250. The Morgan fingerprint density at radius 3 is 3.00 bits per heavy atom. The second-order valence-corrected chi connectivity index (χ2v) is 5.21. The van der Waals surface area contributed by atoms with Gasteiger partial charge in [-0.3, -0.25) is 9.69 Å². The molecule has 0 unspecified atom stereocenters. The molecule has 0 atom stereocenters. The van der Waals surface area contributed by atoms with Crippen LogP contribution in [0, 0.1) is 0 Å². The molecule has 0 aliphatic heterocycles. The van der Waals surface area contributed by atoms with Crippen LogP contribution >= 0.6 is 15.9 Å². The number of carbonyl (C=O) groups excluding carboxylic acids is 1. The predicted octanol–water partition coefficient (Wildman–Crippen LogP) is 2.74. The van der Waals surface area contributed by atoms with Crippen LogP contribution < -0.4 is 4.90 Å². The van der Waals surface area contributed by atoms with E-state index in [2.05, 4.69) is 20.9 Å². The number of hydrogen-bond donors (Lipinski definition) is 1. The lowest BCUT2D eigenvalue weighted by atomic mass is 10.1. The van der Waals surface area contributed by atoms with E-state index in [1.54, 1.807) is 19.3 Å². The van der Waals surface area contributed by atoms with Gasteiger partial charge in [0.25, 0.3) is 5.91 Å². The summed E-state index contributed by atoms with van der Waals surface area (Å²) in [4.78, 5) is 18.5. The molecule has 0 bridgehead atoms. The molecule has 1 amide bonds. The van der Waals surface area contributed by atoms with Crippen LogP contribution in [0.4, 0.5) is 5.82 Å². The fourth-order valence-corrected chi connectivity index (χ4v) is 2.59. The standard InChI is InChI=1S/C16H17BrN2O2/c1-19(15-12(10-17)7-5-9-18-15)16(21)14-8-4-2-3-6-13(14)11-20/h2-5,7-9,20H,6,10-11H2,1H3. The molecule has 0 radical (unpaired) electrons. The maximum Gasteiger partial charge on any atom is 0.259 e. The molecule has 5 heteroatoms. The average molecular weight is 349 g/mol. The summed E-state index contributed by atoms with van der Waals surface area (Å²) in [5.74, 6) is 0.453. The first-order valence-electron chi connectivity index (χ1n) is 6.63. The molecule has 4 nitrogen and oxygen atoms in total. The van der Waals surface area contributed by atoms with E-state index < -0.39 is 0 Å². The highest BCUT2D eigenvalue weighted by atomic mass is 79.9. The Morgan fingerprint density at radius 2 is 2.29 bits per heavy atom. The van der Waals surface area contributed by atoms with Gasteiger partial charge in [0.15, 0.2) is 0 Å². The molecule has 0 saturated heterocycles. The Kier molecular flexibility index (Phi) is 5.47. The maximum atomic E-state index is 12.7. The highest BCUT2D eigenvalue weighted by Crippen LogP contribution is 2.23. The zero-order chi connectivity index (χ0) is 15.2. The summed E-state index contributed by atoms with van der Waals surface area (Å²) >= 11 is 3.41. The number of amides is 1. The number of halogens is 1. The summed E-state index contributed by atoms with van der Waals surface area (Å²) in [6.45, 7) is -0.128. The van der Waals surface area contributed by atoms with Gasteiger partial charge >= 0.3 is 0 Å². The summed E-state index contributed by atoms with van der Waals surface area (Å²) in [6, 6.07) is 3.76. The highest BCUT2D eigenvalue weighted by molar-refractivity contribution is 9.08. The number of rotatable bonds is 4. The average Bonchev–Trinajstić information content (AvgIpc) is 2.78. The lowest BCUT2D eigenvalue weighted by Crippen LogP contribution is -2.30. The van der Waals surface area contributed by atoms with Crippen LogP contribution in [0.3, 0.4) is 0 Å². The second kappa shape index (κ2) is 7.33. The van der Waals surface area contributed by atoms with Gasteiger partial charge in [0.2, 0.25) is 0 Å². The predicted molar refractivity (Wildman–Crippen MR) is 87.3 cm³/mol. The van der Waals surface area contributed by atoms with E-state index in [9.17, 15) is 9.90 Å². The number of allylic oxidation sites excluding steroid dienone is 3. The molecule has 0 aromatic carbocycles. The number of hydrogen-bond acceptors (Lipinski definition) is 3. The minimum Gasteiger partial charge on any atom is -0.392 e. The molecule has 2 rings (SSSR count). The fourth-order valence-electron chi connectivity index (χ4n) is 2.15. The van der Waals surface area contributed by atoms with Crippen molar-refractivity contribution in [2.75, 3.05) is 18.6 Å². The lowest BCUT2D eigenvalue weighted by molar-refractivity contribution is -0.114. The molecule has 0 spiro atoms. The Hall–Kier alpha value is -1.72. The SMILES string of the molecule is CN(C(=O)C1=C(CO)CC=CC=C1)c1ncccc1CBr. The number of carbonyl (C=O) groups is 1. The normalized spacial score (nSPS) is 14.2. The van der Waals surface area contributed by atoms with Crippen molar-refractivity contribution in [1.82, 2.24) is 4.98 Å². The number of likely N-dealkylation sites (N-methyl/N-ethyl adjacent to an activating group) is 1. The van der Waals surface area contributed by atoms with E-state index in [0.717, 1.165) is 5.56 Å². The van der Waals surface area contributed by atoms with Crippen molar-refractivity contribution in [3.8, 4) is 0 Å².